The van der Waals surface area contributed by atoms with Gasteiger partial charge in [0.05, 0.1) is 18.7 Å². The van der Waals surface area contributed by atoms with Gasteiger partial charge in [-0.3, -0.25) is 4.79 Å². The second-order valence-electron chi connectivity index (χ2n) is 4.87. The summed E-state index contributed by atoms with van der Waals surface area (Å²) in [5, 5.41) is 9.10. The number of rotatable bonds is 4. The number of benzene rings is 1. The number of hydrogen-bond donors (Lipinski definition) is 2. The van der Waals surface area contributed by atoms with E-state index in [-0.39, 0.29) is 25.1 Å². The molecule has 20 heavy (non-hydrogen) atoms. The molecule has 3 N–H and O–H groups in total. The van der Waals surface area contributed by atoms with E-state index in [0.29, 0.717) is 17.7 Å². The van der Waals surface area contributed by atoms with Crippen molar-refractivity contribution in [2.75, 3.05) is 19.7 Å². The molecule has 4 heteroatoms. The Kier molecular flexibility index (Phi) is 6.23. The van der Waals surface area contributed by atoms with E-state index < -0.39 is 0 Å². The van der Waals surface area contributed by atoms with Crippen LogP contribution in [-0.2, 0) is 0 Å². The van der Waals surface area contributed by atoms with Crippen molar-refractivity contribution in [3.8, 4) is 11.8 Å². The number of carbonyl (C=O) groups excluding carboxylic acids is 1. The molecule has 0 saturated heterocycles. The lowest BCUT2D eigenvalue weighted by Gasteiger charge is -2.26. The molecule has 0 fully saturated rings. The third-order valence-electron chi connectivity index (χ3n) is 2.96. The monoisotopic (exact) mass is 274 g/mol. The van der Waals surface area contributed by atoms with Crippen LogP contribution in [0.2, 0.25) is 0 Å². The largest absolute Gasteiger partial charge is 0.395 e. The average molecular weight is 274 g/mol. The maximum atomic E-state index is 12.6. The molecule has 0 spiro atoms. The summed E-state index contributed by atoms with van der Waals surface area (Å²) in [6.45, 7) is 6.32. The standard InChI is InChI=1S/C16H22N2O2/c1-12(2)18(9-10-19)16(20)15-7-6-13(3)11-14(15)5-4-8-17/h6-7,11-12,19H,8-10,17H2,1-3H3. The van der Waals surface area contributed by atoms with E-state index in [4.69, 9.17) is 10.8 Å². The van der Waals surface area contributed by atoms with E-state index >= 15 is 0 Å². The number of aliphatic hydroxyl groups is 1. The minimum Gasteiger partial charge on any atom is -0.395 e. The summed E-state index contributed by atoms with van der Waals surface area (Å²) < 4.78 is 0. The van der Waals surface area contributed by atoms with Crippen molar-refractivity contribution < 1.29 is 9.90 Å². The van der Waals surface area contributed by atoms with Gasteiger partial charge in [0.2, 0.25) is 0 Å². The second-order valence-corrected chi connectivity index (χ2v) is 4.87. The third kappa shape index (κ3) is 4.09. The quantitative estimate of drug-likeness (QED) is 0.809. The van der Waals surface area contributed by atoms with Crippen LogP contribution in [0.15, 0.2) is 18.2 Å². The molecular weight excluding hydrogens is 252 g/mol. The van der Waals surface area contributed by atoms with Crippen molar-refractivity contribution in [1.29, 1.82) is 0 Å². The van der Waals surface area contributed by atoms with Gasteiger partial charge in [-0.2, -0.15) is 0 Å². The molecule has 0 heterocycles. The van der Waals surface area contributed by atoms with Gasteiger partial charge < -0.3 is 15.7 Å². The van der Waals surface area contributed by atoms with Crippen LogP contribution < -0.4 is 5.73 Å². The zero-order valence-corrected chi connectivity index (χ0v) is 12.3. The van der Waals surface area contributed by atoms with Gasteiger partial charge in [0, 0.05) is 18.2 Å². The number of nitrogens with two attached hydrogens (primary N) is 1. The smallest absolute Gasteiger partial charge is 0.255 e. The van der Waals surface area contributed by atoms with E-state index in [1.165, 1.54) is 0 Å². The van der Waals surface area contributed by atoms with Crippen LogP contribution in [0, 0.1) is 18.8 Å². The maximum Gasteiger partial charge on any atom is 0.255 e. The molecule has 0 aliphatic rings. The summed E-state index contributed by atoms with van der Waals surface area (Å²) in [6, 6.07) is 5.57. The lowest BCUT2D eigenvalue weighted by molar-refractivity contribution is 0.0665. The molecule has 4 nitrogen and oxygen atoms in total. The summed E-state index contributed by atoms with van der Waals surface area (Å²) >= 11 is 0. The molecule has 1 aromatic carbocycles. The van der Waals surface area contributed by atoms with E-state index in [9.17, 15) is 4.79 Å². The molecule has 0 aliphatic heterocycles. The Morgan fingerprint density at radius 1 is 1.45 bits per heavy atom. The molecule has 0 aliphatic carbocycles. The fourth-order valence-electron chi connectivity index (χ4n) is 1.95. The number of carbonyl (C=O) groups is 1. The predicted molar refractivity (Wildman–Crippen MR) is 80.4 cm³/mol. The van der Waals surface area contributed by atoms with Crippen LogP contribution in [0.1, 0.15) is 35.3 Å². The van der Waals surface area contributed by atoms with Gasteiger partial charge in [-0.15, -0.1) is 0 Å². The van der Waals surface area contributed by atoms with Crippen molar-refractivity contribution in [1.82, 2.24) is 4.90 Å². The molecular formula is C16H22N2O2. The lowest BCUT2D eigenvalue weighted by Crippen LogP contribution is -2.39. The Morgan fingerprint density at radius 2 is 2.15 bits per heavy atom. The van der Waals surface area contributed by atoms with Gasteiger partial charge in [-0.25, -0.2) is 0 Å². The molecule has 0 saturated carbocycles. The van der Waals surface area contributed by atoms with Crippen molar-refractivity contribution in [2.45, 2.75) is 26.8 Å². The highest BCUT2D eigenvalue weighted by Crippen LogP contribution is 2.15. The molecule has 1 amide bonds. The Labute approximate surface area is 120 Å². The van der Waals surface area contributed by atoms with Crippen molar-refractivity contribution >= 4 is 5.91 Å². The predicted octanol–water partition coefficient (Wildman–Crippen LogP) is 1.15. The summed E-state index contributed by atoms with van der Waals surface area (Å²) in [7, 11) is 0. The first-order valence-electron chi connectivity index (χ1n) is 6.72. The van der Waals surface area contributed by atoms with Gasteiger partial charge in [0.1, 0.15) is 0 Å². The minimum absolute atomic E-state index is 0.0197. The van der Waals surface area contributed by atoms with Gasteiger partial charge in [0.15, 0.2) is 0 Å². The molecule has 0 bridgehead atoms. The molecule has 108 valence electrons. The van der Waals surface area contributed by atoms with Crippen LogP contribution in [0.4, 0.5) is 0 Å². The number of hydrogen-bond acceptors (Lipinski definition) is 3. The fourth-order valence-corrected chi connectivity index (χ4v) is 1.95. The normalized spacial score (nSPS) is 10.1. The highest BCUT2D eigenvalue weighted by atomic mass is 16.3. The topological polar surface area (TPSA) is 66.6 Å². The SMILES string of the molecule is Cc1ccc(C(=O)N(CCO)C(C)C)c(C#CCN)c1. The lowest BCUT2D eigenvalue weighted by atomic mass is 10.0. The molecule has 1 aromatic rings. The first kappa shape index (κ1) is 16.2. The number of amides is 1. The zero-order chi connectivity index (χ0) is 15.1. The second kappa shape index (κ2) is 7.68. The maximum absolute atomic E-state index is 12.6. The van der Waals surface area contributed by atoms with E-state index in [0.717, 1.165) is 5.56 Å². The van der Waals surface area contributed by atoms with E-state index in [1.54, 1.807) is 11.0 Å². The Balaban J connectivity index is 3.20. The number of aliphatic hydroxyl groups excluding tert-OH is 1. The van der Waals surface area contributed by atoms with Gasteiger partial charge in [-0.05, 0) is 38.5 Å². The Morgan fingerprint density at radius 3 is 2.70 bits per heavy atom. The van der Waals surface area contributed by atoms with Crippen LogP contribution in [0.3, 0.4) is 0 Å². The van der Waals surface area contributed by atoms with E-state index in [1.807, 2.05) is 32.9 Å². The Bertz CT molecular complexity index is 527. The molecule has 0 aromatic heterocycles. The van der Waals surface area contributed by atoms with Crippen molar-refractivity contribution in [3.05, 3.63) is 34.9 Å². The molecule has 0 atom stereocenters. The number of aryl methyl sites for hydroxylation is 1. The third-order valence-corrected chi connectivity index (χ3v) is 2.96. The van der Waals surface area contributed by atoms with Crippen LogP contribution in [0.25, 0.3) is 0 Å². The molecule has 0 unspecified atom stereocenters. The zero-order valence-electron chi connectivity index (χ0n) is 12.3. The first-order chi connectivity index (χ1) is 9.51. The van der Waals surface area contributed by atoms with Crippen molar-refractivity contribution in [2.24, 2.45) is 5.73 Å². The van der Waals surface area contributed by atoms with Crippen LogP contribution in [0.5, 0.6) is 0 Å². The summed E-state index contributed by atoms with van der Waals surface area (Å²) in [5.74, 6) is 5.62. The summed E-state index contributed by atoms with van der Waals surface area (Å²) in [6.07, 6.45) is 0. The summed E-state index contributed by atoms with van der Waals surface area (Å²) in [5.41, 5.74) is 7.68. The minimum atomic E-state index is -0.115. The first-order valence-corrected chi connectivity index (χ1v) is 6.72. The van der Waals surface area contributed by atoms with Gasteiger partial charge in [-0.1, -0.05) is 17.9 Å². The molecule has 1 rings (SSSR count). The van der Waals surface area contributed by atoms with Crippen LogP contribution in [-0.4, -0.2) is 41.7 Å². The Hall–Kier alpha value is -1.83. The van der Waals surface area contributed by atoms with E-state index in [2.05, 4.69) is 11.8 Å². The fraction of sp³-hybridized carbons (Fsp3) is 0.438. The van der Waals surface area contributed by atoms with Gasteiger partial charge >= 0.3 is 0 Å². The van der Waals surface area contributed by atoms with Gasteiger partial charge in [0.25, 0.3) is 5.91 Å². The van der Waals surface area contributed by atoms with Crippen LogP contribution >= 0.6 is 0 Å². The average Bonchev–Trinajstić information content (AvgIpc) is 2.41. The number of nitrogens with zero attached hydrogens (tertiary/aromatic N) is 1. The van der Waals surface area contributed by atoms with Crippen molar-refractivity contribution in [3.63, 3.8) is 0 Å². The molecule has 0 radical (unpaired) electrons. The highest BCUT2D eigenvalue weighted by molar-refractivity contribution is 5.97. The highest BCUT2D eigenvalue weighted by Gasteiger charge is 2.20. The summed E-state index contributed by atoms with van der Waals surface area (Å²) in [4.78, 5) is 14.2.